The Morgan fingerprint density at radius 3 is 1.80 bits per heavy atom. The fourth-order valence-corrected chi connectivity index (χ4v) is 3.71. The molecule has 0 spiro atoms. The molecular formula is C22H36ClNO. The van der Waals surface area contributed by atoms with Gasteiger partial charge in [0.25, 0.3) is 0 Å². The molecule has 0 saturated heterocycles. The predicted octanol–water partition coefficient (Wildman–Crippen LogP) is 6.85. The van der Waals surface area contributed by atoms with Gasteiger partial charge in [-0.25, -0.2) is 0 Å². The summed E-state index contributed by atoms with van der Waals surface area (Å²) in [5.74, 6) is -0.329. The summed E-state index contributed by atoms with van der Waals surface area (Å²) in [6, 6.07) is 3.64. The van der Waals surface area contributed by atoms with Gasteiger partial charge in [-0.2, -0.15) is 0 Å². The van der Waals surface area contributed by atoms with Crippen molar-refractivity contribution in [3.05, 3.63) is 33.8 Å². The Bertz CT molecular complexity index is 513. The van der Waals surface area contributed by atoms with E-state index in [4.69, 9.17) is 17.3 Å². The van der Waals surface area contributed by atoms with E-state index < -0.39 is 0 Å². The monoisotopic (exact) mass is 365 g/mol. The summed E-state index contributed by atoms with van der Waals surface area (Å²) in [5.41, 5.74) is 8.54. The summed E-state index contributed by atoms with van der Waals surface area (Å²) >= 11 is 6.48. The van der Waals surface area contributed by atoms with Crippen LogP contribution in [-0.4, -0.2) is 5.91 Å². The predicted molar refractivity (Wildman–Crippen MR) is 110 cm³/mol. The molecule has 0 atom stereocenters. The SMILES string of the molecule is CCCCCCCCc1c(C(N)=O)ccc(Cl)c1CCCCCCC. The van der Waals surface area contributed by atoms with E-state index in [0.29, 0.717) is 5.56 Å². The number of unbranched alkanes of at least 4 members (excludes halogenated alkanes) is 9. The molecular weight excluding hydrogens is 330 g/mol. The highest BCUT2D eigenvalue weighted by molar-refractivity contribution is 6.31. The minimum atomic E-state index is -0.329. The molecule has 0 saturated carbocycles. The van der Waals surface area contributed by atoms with E-state index in [9.17, 15) is 4.79 Å². The van der Waals surface area contributed by atoms with Gasteiger partial charge in [-0.05, 0) is 48.9 Å². The number of carbonyl (C=O) groups excluding carboxylic acids is 1. The zero-order valence-corrected chi connectivity index (χ0v) is 17.0. The van der Waals surface area contributed by atoms with E-state index in [0.717, 1.165) is 41.8 Å². The van der Waals surface area contributed by atoms with Crippen LogP contribution in [-0.2, 0) is 12.8 Å². The fourth-order valence-electron chi connectivity index (χ4n) is 3.44. The van der Waals surface area contributed by atoms with Crippen LogP contribution in [0.4, 0.5) is 0 Å². The number of amides is 1. The Labute approximate surface area is 159 Å². The number of benzene rings is 1. The molecule has 25 heavy (non-hydrogen) atoms. The zero-order chi connectivity index (χ0) is 18.5. The first-order valence-corrected chi connectivity index (χ1v) is 10.6. The average Bonchev–Trinajstić information content (AvgIpc) is 2.59. The molecule has 0 aliphatic heterocycles. The third-order valence-electron chi connectivity index (χ3n) is 4.95. The first-order valence-electron chi connectivity index (χ1n) is 10.2. The lowest BCUT2D eigenvalue weighted by Gasteiger charge is -2.15. The molecule has 1 aromatic carbocycles. The second-order valence-corrected chi connectivity index (χ2v) is 7.51. The average molecular weight is 366 g/mol. The molecule has 0 unspecified atom stereocenters. The van der Waals surface area contributed by atoms with Crippen LogP contribution in [0.25, 0.3) is 0 Å². The van der Waals surface area contributed by atoms with Crippen LogP contribution in [0.3, 0.4) is 0 Å². The van der Waals surface area contributed by atoms with Crippen molar-refractivity contribution in [2.75, 3.05) is 0 Å². The number of rotatable bonds is 14. The standard InChI is InChI=1S/C22H36ClNO/c1-3-5-7-9-11-12-14-18-19(15-13-10-8-6-4-2)21(23)17-16-20(18)22(24)25/h16-17H,3-15H2,1-2H3,(H2,24,25). The maximum absolute atomic E-state index is 11.9. The topological polar surface area (TPSA) is 43.1 Å². The van der Waals surface area contributed by atoms with E-state index in [-0.39, 0.29) is 5.91 Å². The Balaban J connectivity index is 2.72. The van der Waals surface area contributed by atoms with Gasteiger partial charge in [0.2, 0.25) is 5.91 Å². The molecule has 1 aromatic rings. The van der Waals surface area contributed by atoms with Crippen molar-refractivity contribution in [3.63, 3.8) is 0 Å². The van der Waals surface area contributed by atoms with Gasteiger partial charge in [-0.3, -0.25) is 4.79 Å². The molecule has 3 heteroatoms. The highest BCUT2D eigenvalue weighted by Crippen LogP contribution is 2.27. The van der Waals surface area contributed by atoms with Gasteiger partial charge in [0, 0.05) is 10.6 Å². The molecule has 1 rings (SSSR count). The van der Waals surface area contributed by atoms with Gasteiger partial charge in [-0.1, -0.05) is 83.2 Å². The third kappa shape index (κ3) is 8.27. The molecule has 0 aliphatic carbocycles. The van der Waals surface area contributed by atoms with Crippen molar-refractivity contribution in [1.82, 2.24) is 0 Å². The summed E-state index contributed by atoms with van der Waals surface area (Å²) in [6.07, 6.45) is 15.5. The number of nitrogens with two attached hydrogens (primary N) is 1. The van der Waals surface area contributed by atoms with Crippen LogP contribution in [0.15, 0.2) is 12.1 Å². The maximum atomic E-state index is 11.9. The Hall–Kier alpha value is -1.02. The van der Waals surface area contributed by atoms with Crippen LogP contribution in [0.1, 0.15) is 106 Å². The van der Waals surface area contributed by atoms with Gasteiger partial charge >= 0.3 is 0 Å². The maximum Gasteiger partial charge on any atom is 0.248 e. The molecule has 0 bridgehead atoms. The Morgan fingerprint density at radius 1 is 0.800 bits per heavy atom. The van der Waals surface area contributed by atoms with Crippen LogP contribution in [0, 0.1) is 0 Å². The minimum absolute atomic E-state index is 0.329. The Morgan fingerprint density at radius 2 is 1.28 bits per heavy atom. The third-order valence-corrected chi connectivity index (χ3v) is 5.30. The lowest BCUT2D eigenvalue weighted by molar-refractivity contribution is 0.0999. The molecule has 2 N–H and O–H groups in total. The van der Waals surface area contributed by atoms with Crippen LogP contribution < -0.4 is 5.73 Å². The summed E-state index contributed by atoms with van der Waals surface area (Å²) in [4.78, 5) is 11.9. The summed E-state index contributed by atoms with van der Waals surface area (Å²) in [7, 11) is 0. The zero-order valence-electron chi connectivity index (χ0n) is 16.2. The van der Waals surface area contributed by atoms with Gasteiger partial charge in [0.15, 0.2) is 0 Å². The minimum Gasteiger partial charge on any atom is -0.366 e. The lowest BCUT2D eigenvalue weighted by atomic mass is 9.92. The van der Waals surface area contributed by atoms with Crippen molar-refractivity contribution < 1.29 is 4.79 Å². The second kappa shape index (κ2) is 13.2. The van der Waals surface area contributed by atoms with E-state index >= 15 is 0 Å². The molecule has 0 radical (unpaired) electrons. The van der Waals surface area contributed by atoms with Crippen LogP contribution in [0.5, 0.6) is 0 Å². The van der Waals surface area contributed by atoms with Gasteiger partial charge in [0.05, 0.1) is 0 Å². The van der Waals surface area contributed by atoms with Crippen molar-refractivity contribution in [3.8, 4) is 0 Å². The van der Waals surface area contributed by atoms with Crippen LogP contribution in [0.2, 0.25) is 5.02 Å². The largest absolute Gasteiger partial charge is 0.366 e. The van der Waals surface area contributed by atoms with Crippen molar-refractivity contribution >= 4 is 17.5 Å². The number of carbonyl (C=O) groups is 1. The molecule has 2 nitrogen and oxygen atoms in total. The second-order valence-electron chi connectivity index (χ2n) is 7.10. The molecule has 0 aliphatic rings. The van der Waals surface area contributed by atoms with Gasteiger partial charge in [0.1, 0.15) is 0 Å². The number of hydrogen-bond donors (Lipinski definition) is 1. The van der Waals surface area contributed by atoms with Gasteiger partial charge < -0.3 is 5.73 Å². The quantitative estimate of drug-likeness (QED) is 0.359. The molecule has 142 valence electrons. The highest BCUT2D eigenvalue weighted by atomic mass is 35.5. The smallest absolute Gasteiger partial charge is 0.248 e. The molecule has 1 amide bonds. The van der Waals surface area contributed by atoms with E-state index in [1.165, 1.54) is 57.8 Å². The molecule has 0 fully saturated rings. The molecule has 0 aromatic heterocycles. The van der Waals surface area contributed by atoms with Crippen molar-refractivity contribution in [2.45, 2.75) is 97.3 Å². The number of primary amides is 1. The van der Waals surface area contributed by atoms with E-state index in [2.05, 4.69) is 13.8 Å². The van der Waals surface area contributed by atoms with E-state index in [1.54, 1.807) is 6.07 Å². The van der Waals surface area contributed by atoms with Crippen molar-refractivity contribution in [2.24, 2.45) is 5.73 Å². The highest BCUT2D eigenvalue weighted by Gasteiger charge is 2.15. The number of hydrogen-bond acceptors (Lipinski definition) is 1. The van der Waals surface area contributed by atoms with Crippen LogP contribution >= 0.6 is 11.6 Å². The summed E-state index contributed by atoms with van der Waals surface area (Å²) in [6.45, 7) is 4.46. The summed E-state index contributed by atoms with van der Waals surface area (Å²) < 4.78 is 0. The lowest BCUT2D eigenvalue weighted by Crippen LogP contribution is -2.15. The normalized spacial score (nSPS) is 11.0. The number of halogens is 1. The first-order chi connectivity index (χ1) is 12.1. The van der Waals surface area contributed by atoms with Crippen molar-refractivity contribution in [1.29, 1.82) is 0 Å². The van der Waals surface area contributed by atoms with E-state index in [1.807, 2.05) is 6.07 Å². The van der Waals surface area contributed by atoms with Gasteiger partial charge in [-0.15, -0.1) is 0 Å². The first kappa shape index (κ1) is 22.0. The summed E-state index contributed by atoms with van der Waals surface area (Å²) in [5, 5.41) is 0.793. The molecule has 0 heterocycles. The fraction of sp³-hybridized carbons (Fsp3) is 0.682. The Kier molecular flexibility index (Phi) is 11.6.